The summed E-state index contributed by atoms with van der Waals surface area (Å²) in [6, 6.07) is 17.4. The molecule has 2 aromatic carbocycles. The number of halogens is 2. The summed E-state index contributed by atoms with van der Waals surface area (Å²) in [5.74, 6) is 1.12. The fourth-order valence-corrected chi connectivity index (χ4v) is 6.21. The molecule has 40 heavy (non-hydrogen) atoms. The average Bonchev–Trinajstić information content (AvgIpc) is 3.10. The summed E-state index contributed by atoms with van der Waals surface area (Å²) in [5.41, 5.74) is 8.56. The highest BCUT2D eigenvalue weighted by molar-refractivity contribution is 7.98. The van der Waals surface area contributed by atoms with E-state index in [4.69, 9.17) is 11.6 Å². The van der Waals surface area contributed by atoms with Crippen LogP contribution < -0.4 is 5.32 Å². The first-order chi connectivity index (χ1) is 19.6. The van der Waals surface area contributed by atoms with Crippen molar-refractivity contribution in [3.05, 3.63) is 149 Å². The first-order valence-electron chi connectivity index (χ1n) is 13.7. The van der Waals surface area contributed by atoms with E-state index in [0.29, 0.717) is 16.3 Å². The molecular weight excluding hydrogens is 535 g/mol. The van der Waals surface area contributed by atoms with Gasteiger partial charge in [-0.05, 0) is 60.2 Å². The van der Waals surface area contributed by atoms with Crippen molar-refractivity contribution in [2.45, 2.75) is 38.0 Å². The summed E-state index contributed by atoms with van der Waals surface area (Å²) < 4.78 is 16.5. The molecule has 0 amide bonds. The highest BCUT2D eigenvalue weighted by Gasteiger charge is 2.13. The molecule has 5 rings (SSSR count). The SMILES string of the molecule is C=C(NC1=CC=C(C2=CC=CCCC2)C=CC1)c1cc(-c2ccccc2)n(CCSCc2c(F)cccc2Cl)c1. The number of nitrogens with zero attached hydrogens (tertiary/aromatic N) is 1. The maximum absolute atomic E-state index is 14.2. The average molecular weight is 569 g/mol. The lowest BCUT2D eigenvalue weighted by Crippen LogP contribution is -2.10. The Morgan fingerprint density at radius 3 is 2.77 bits per heavy atom. The monoisotopic (exact) mass is 568 g/mol. The Morgan fingerprint density at radius 2 is 1.93 bits per heavy atom. The molecule has 1 aromatic heterocycles. The Hall–Kier alpha value is -3.47. The molecule has 0 unspecified atom stereocenters. The smallest absolute Gasteiger partial charge is 0.128 e. The number of thioether (sulfide) groups is 1. The quantitative estimate of drug-likeness (QED) is 0.245. The summed E-state index contributed by atoms with van der Waals surface area (Å²) in [5, 5.41) is 4.05. The summed E-state index contributed by atoms with van der Waals surface area (Å²) in [6.07, 6.45) is 21.9. The molecule has 5 heteroatoms. The van der Waals surface area contributed by atoms with E-state index in [9.17, 15) is 4.39 Å². The molecule has 0 fully saturated rings. The molecule has 0 spiro atoms. The lowest BCUT2D eigenvalue weighted by atomic mass is 10.0. The number of rotatable bonds is 10. The van der Waals surface area contributed by atoms with E-state index in [1.807, 2.05) is 6.07 Å². The van der Waals surface area contributed by atoms with Crippen molar-refractivity contribution in [3.8, 4) is 11.3 Å². The summed E-state index contributed by atoms with van der Waals surface area (Å²) in [6.45, 7) is 5.17. The van der Waals surface area contributed by atoms with Gasteiger partial charge in [0, 0.05) is 63.9 Å². The van der Waals surface area contributed by atoms with E-state index in [1.54, 1.807) is 23.9 Å². The van der Waals surface area contributed by atoms with Gasteiger partial charge >= 0.3 is 0 Å². The van der Waals surface area contributed by atoms with Gasteiger partial charge in [-0.3, -0.25) is 0 Å². The number of nitrogens with one attached hydrogen (secondary N) is 1. The third-order valence-corrected chi connectivity index (χ3v) is 8.45. The van der Waals surface area contributed by atoms with E-state index < -0.39 is 0 Å². The van der Waals surface area contributed by atoms with Gasteiger partial charge in [0.15, 0.2) is 0 Å². The number of hydrogen-bond donors (Lipinski definition) is 1. The van der Waals surface area contributed by atoms with Gasteiger partial charge in [-0.15, -0.1) is 0 Å². The Kier molecular flexibility index (Phi) is 9.64. The van der Waals surface area contributed by atoms with Crippen molar-refractivity contribution in [3.63, 3.8) is 0 Å². The standard InChI is InChI=1S/C35H34ClFN2S/c1-26(38-31-16-9-15-28(19-20-31)27-11-5-2-3-6-12-27)30-23-35(29-13-7-4-8-14-29)39(24-30)21-22-40-25-32-33(36)17-10-18-34(32)37/h2,4-5,7-11,13-15,17-20,23-24,38H,1,3,6,12,16,21-22,25H2. The van der Waals surface area contributed by atoms with Gasteiger partial charge in [0.2, 0.25) is 0 Å². The zero-order chi connectivity index (χ0) is 27.7. The molecule has 0 aliphatic heterocycles. The van der Waals surface area contributed by atoms with E-state index >= 15 is 0 Å². The molecule has 2 nitrogen and oxygen atoms in total. The summed E-state index contributed by atoms with van der Waals surface area (Å²) >= 11 is 7.90. The van der Waals surface area contributed by atoms with Crippen molar-refractivity contribution in [2.75, 3.05) is 5.75 Å². The number of hydrogen-bond acceptors (Lipinski definition) is 2. The molecule has 0 atom stereocenters. The van der Waals surface area contributed by atoms with Crippen LogP contribution in [0.4, 0.5) is 4.39 Å². The lowest BCUT2D eigenvalue weighted by molar-refractivity contribution is 0.617. The molecule has 3 aromatic rings. The molecular formula is C35H34ClFN2S. The minimum atomic E-state index is -0.247. The third-order valence-electron chi connectivity index (χ3n) is 7.13. The molecule has 0 saturated heterocycles. The van der Waals surface area contributed by atoms with E-state index in [0.717, 1.165) is 59.8 Å². The Labute approximate surface area is 246 Å². The number of aryl methyl sites for hydroxylation is 1. The van der Waals surface area contributed by atoms with E-state index in [2.05, 4.69) is 95.5 Å². The van der Waals surface area contributed by atoms with Crippen LogP contribution in [-0.4, -0.2) is 10.3 Å². The molecule has 1 heterocycles. The highest BCUT2D eigenvalue weighted by Crippen LogP contribution is 2.29. The Bertz CT molecular complexity index is 1490. The van der Waals surface area contributed by atoms with Crippen LogP contribution in [0.2, 0.25) is 5.02 Å². The van der Waals surface area contributed by atoms with Crippen LogP contribution in [0.3, 0.4) is 0 Å². The second-order valence-electron chi connectivity index (χ2n) is 9.96. The largest absolute Gasteiger partial charge is 0.359 e. The van der Waals surface area contributed by atoms with Crippen LogP contribution in [0.1, 0.15) is 36.8 Å². The van der Waals surface area contributed by atoms with Gasteiger partial charge in [0.25, 0.3) is 0 Å². The predicted molar refractivity (Wildman–Crippen MR) is 171 cm³/mol. The van der Waals surface area contributed by atoms with Crippen molar-refractivity contribution in [1.29, 1.82) is 0 Å². The molecule has 0 bridgehead atoms. The van der Waals surface area contributed by atoms with E-state index in [1.165, 1.54) is 23.6 Å². The number of allylic oxidation sites excluding steroid dienone is 9. The van der Waals surface area contributed by atoms with Crippen LogP contribution in [0.5, 0.6) is 0 Å². The summed E-state index contributed by atoms with van der Waals surface area (Å²) in [4.78, 5) is 0. The topological polar surface area (TPSA) is 17.0 Å². The second kappa shape index (κ2) is 13.7. The highest BCUT2D eigenvalue weighted by atomic mass is 35.5. The summed E-state index contributed by atoms with van der Waals surface area (Å²) in [7, 11) is 0. The fourth-order valence-electron chi connectivity index (χ4n) is 4.93. The lowest BCUT2D eigenvalue weighted by Gasteiger charge is -2.11. The Morgan fingerprint density at radius 1 is 1.05 bits per heavy atom. The van der Waals surface area contributed by atoms with Crippen molar-refractivity contribution in [2.24, 2.45) is 0 Å². The van der Waals surface area contributed by atoms with Crippen LogP contribution in [-0.2, 0) is 12.3 Å². The third kappa shape index (κ3) is 7.18. The normalized spacial score (nSPS) is 15.1. The number of aromatic nitrogens is 1. The molecule has 2 aliphatic rings. The first kappa shape index (κ1) is 28.1. The molecule has 0 radical (unpaired) electrons. The van der Waals surface area contributed by atoms with Gasteiger partial charge < -0.3 is 9.88 Å². The van der Waals surface area contributed by atoms with Gasteiger partial charge in [-0.25, -0.2) is 4.39 Å². The van der Waals surface area contributed by atoms with Gasteiger partial charge in [-0.1, -0.05) is 91.0 Å². The van der Waals surface area contributed by atoms with Crippen molar-refractivity contribution >= 4 is 29.1 Å². The van der Waals surface area contributed by atoms with Crippen LogP contribution in [0, 0.1) is 5.82 Å². The maximum atomic E-state index is 14.2. The van der Waals surface area contributed by atoms with Gasteiger partial charge in [-0.2, -0.15) is 11.8 Å². The Balaban J connectivity index is 1.29. The maximum Gasteiger partial charge on any atom is 0.128 e. The minimum Gasteiger partial charge on any atom is -0.359 e. The van der Waals surface area contributed by atoms with Gasteiger partial charge in [0.05, 0.1) is 0 Å². The fraction of sp³-hybridized carbons (Fsp3) is 0.200. The van der Waals surface area contributed by atoms with Crippen LogP contribution in [0.15, 0.2) is 127 Å². The molecule has 204 valence electrons. The predicted octanol–water partition coefficient (Wildman–Crippen LogP) is 9.88. The van der Waals surface area contributed by atoms with Crippen LogP contribution in [0.25, 0.3) is 17.0 Å². The molecule has 2 aliphatic carbocycles. The van der Waals surface area contributed by atoms with Crippen LogP contribution >= 0.6 is 23.4 Å². The number of benzene rings is 2. The molecule has 0 saturated carbocycles. The first-order valence-corrected chi connectivity index (χ1v) is 15.3. The molecule has 1 N–H and O–H groups in total. The minimum absolute atomic E-state index is 0.247. The van der Waals surface area contributed by atoms with Gasteiger partial charge in [0.1, 0.15) is 5.82 Å². The second-order valence-corrected chi connectivity index (χ2v) is 11.5. The van der Waals surface area contributed by atoms with Crippen molar-refractivity contribution in [1.82, 2.24) is 9.88 Å². The van der Waals surface area contributed by atoms with Crippen molar-refractivity contribution < 1.29 is 4.39 Å². The van der Waals surface area contributed by atoms with E-state index in [-0.39, 0.29) is 5.82 Å². The zero-order valence-electron chi connectivity index (χ0n) is 22.6. The zero-order valence-corrected chi connectivity index (χ0v) is 24.2.